The molecule has 2 atom stereocenters. The number of aliphatic hydroxyl groups is 1. The van der Waals surface area contributed by atoms with Crippen molar-refractivity contribution in [3.8, 4) is 0 Å². The Bertz CT molecular complexity index is 298. The second-order valence-electron chi connectivity index (χ2n) is 4.88. The van der Waals surface area contributed by atoms with E-state index in [2.05, 4.69) is 0 Å². The SMILES string of the molecule is Cn1cccc1C(N)C(O)C(C)(C)C. The van der Waals surface area contributed by atoms with Gasteiger partial charge in [-0.1, -0.05) is 20.8 Å². The van der Waals surface area contributed by atoms with Crippen molar-refractivity contribution in [1.29, 1.82) is 0 Å². The monoisotopic (exact) mass is 196 g/mol. The van der Waals surface area contributed by atoms with Crippen LogP contribution < -0.4 is 5.73 Å². The third-order valence-corrected chi connectivity index (χ3v) is 2.55. The Morgan fingerprint density at radius 2 is 2.00 bits per heavy atom. The van der Waals surface area contributed by atoms with Crippen LogP contribution in [0.15, 0.2) is 18.3 Å². The van der Waals surface area contributed by atoms with Gasteiger partial charge in [-0.2, -0.15) is 0 Å². The van der Waals surface area contributed by atoms with E-state index in [9.17, 15) is 5.11 Å². The standard InChI is InChI=1S/C11H20N2O/c1-11(2,3)10(14)9(12)8-6-5-7-13(8)4/h5-7,9-10,14H,12H2,1-4H3. The van der Waals surface area contributed by atoms with E-state index in [1.165, 1.54) is 0 Å². The van der Waals surface area contributed by atoms with Crippen LogP contribution in [0.4, 0.5) is 0 Å². The van der Waals surface area contributed by atoms with Crippen LogP contribution in [0.5, 0.6) is 0 Å². The van der Waals surface area contributed by atoms with E-state index in [1.807, 2.05) is 50.7 Å². The summed E-state index contributed by atoms with van der Waals surface area (Å²) < 4.78 is 1.94. The molecular formula is C11H20N2O. The molecule has 1 aromatic heterocycles. The molecule has 14 heavy (non-hydrogen) atoms. The van der Waals surface area contributed by atoms with Crippen LogP contribution in [0.1, 0.15) is 32.5 Å². The van der Waals surface area contributed by atoms with Gasteiger partial charge >= 0.3 is 0 Å². The van der Waals surface area contributed by atoms with Crippen LogP contribution >= 0.6 is 0 Å². The Kier molecular flexibility index (Phi) is 3.02. The molecule has 0 amide bonds. The van der Waals surface area contributed by atoms with Crippen LogP contribution in [-0.4, -0.2) is 15.8 Å². The normalized spacial score (nSPS) is 16.7. The maximum absolute atomic E-state index is 10.0. The maximum atomic E-state index is 10.0. The van der Waals surface area contributed by atoms with Gasteiger partial charge in [0.1, 0.15) is 0 Å². The number of aliphatic hydroxyl groups excluding tert-OH is 1. The number of rotatable bonds is 2. The summed E-state index contributed by atoms with van der Waals surface area (Å²) in [5.41, 5.74) is 6.77. The van der Waals surface area contributed by atoms with E-state index in [-0.39, 0.29) is 11.5 Å². The molecule has 80 valence electrons. The van der Waals surface area contributed by atoms with Crippen molar-refractivity contribution in [2.24, 2.45) is 18.2 Å². The molecule has 0 aromatic carbocycles. The number of aromatic nitrogens is 1. The zero-order chi connectivity index (χ0) is 10.9. The molecule has 3 nitrogen and oxygen atoms in total. The number of nitrogens with zero attached hydrogens (tertiary/aromatic N) is 1. The van der Waals surface area contributed by atoms with Crippen LogP contribution in [-0.2, 0) is 7.05 Å². The number of hydrogen-bond acceptors (Lipinski definition) is 2. The van der Waals surface area contributed by atoms with Gasteiger partial charge in [0, 0.05) is 18.9 Å². The molecule has 0 fully saturated rings. The van der Waals surface area contributed by atoms with Gasteiger partial charge in [-0.25, -0.2) is 0 Å². The largest absolute Gasteiger partial charge is 0.391 e. The maximum Gasteiger partial charge on any atom is 0.0795 e. The van der Waals surface area contributed by atoms with E-state index < -0.39 is 6.10 Å². The predicted octanol–water partition coefficient (Wildman–Crippen LogP) is 1.43. The fraction of sp³-hybridized carbons (Fsp3) is 0.636. The molecule has 0 aliphatic heterocycles. The molecule has 3 heteroatoms. The van der Waals surface area contributed by atoms with Crippen molar-refractivity contribution in [3.05, 3.63) is 24.0 Å². The third-order valence-electron chi connectivity index (χ3n) is 2.55. The Morgan fingerprint density at radius 1 is 1.43 bits per heavy atom. The van der Waals surface area contributed by atoms with E-state index in [4.69, 9.17) is 5.73 Å². The Hall–Kier alpha value is -0.800. The van der Waals surface area contributed by atoms with Gasteiger partial charge in [0.05, 0.1) is 12.1 Å². The molecule has 2 unspecified atom stereocenters. The minimum atomic E-state index is -0.531. The summed E-state index contributed by atoms with van der Waals surface area (Å²) in [6.07, 6.45) is 1.40. The highest BCUT2D eigenvalue weighted by Crippen LogP contribution is 2.28. The molecule has 0 saturated heterocycles. The van der Waals surface area contributed by atoms with Gasteiger partial charge in [-0.3, -0.25) is 0 Å². The van der Waals surface area contributed by atoms with Gasteiger partial charge in [0.25, 0.3) is 0 Å². The minimum absolute atomic E-state index is 0.191. The molecule has 0 aliphatic carbocycles. The van der Waals surface area contributed by atoms with E-state index in [0.29, 0.717) is 0 Å². The third kappa shape index (κ3) is 2.16. The first-order valence-electron chi connectivity index (χ1n) is 4.89. The Labute approximate surface area is 85.5 Å². The average molecular weight is 196 g/mol. The van der Waals surface area contributed by atoms with Crippen molar-refractivity contribution >= 4 is 0 Å². The van der Waals surface area contributed by atoms with Gasteiger partial charge in [-0.15, -0.1) is 0 Å². The summed E-state index contributed by atoms with van der Waals surface area (Å²) in [5.74, 6) is 0. The first kappa shape index (κ1) is 11.3. The molecule has 1 aromatic rings. The summed E-state index contributed by atoms with van der Waals surface area (Å²) in [4.78, 5) is 0. The molecule has 0 radical (unpaired) electrons. The summed E-state index contributed by atoms with van der Waals surface area (Å²) in [6, 6.07) is 3.56. The second-order valence-corrected chi connectivity index (χ2v) is 4.88. The molecule has 0 aliphatic rings. The molecule has 0 bridgehead atoms. The van der Waals surface area contributed by atoms with Crippen molar-refractivity contribution < 1.29 is 5.11 Å². The zero-order valence-electron chi connectivity index (χ0n) is 9.36. The Morgan fingerprint density at radius 3 is 2.36 bits per heavy atom. The van der Waals surface area contributed by atoms with Gasteiger partial charge < -0.3 is 15.4 Å². The van der Waals surface area contributed by atoms with Crippen LogP contribution in [0.25, 0.3) is 0 Å². The fourth-order valence-corrected chi connectivity index (χ4v) is 1.52. The number of hydrogen-bond donors (Lipinski definition) is 2. The van der Waals surface area contributed by atoms with Crippen molar-refractivity contribution in [2.45, 2.75) is 32.9 Å². The highest BCUT2D eigenvalue weighted by Gasteiger charge is 2.29. The summed E-state index contributed by atoms with van der Waals surface area (Å²) in [7, 11) is 1.94. The predicted molar refractivity (Wildman–Crippen MR) is 57.8 cm³/mol. The Balaban J connectivity index is 2.86. The lowest BCUT2D eigenvalue weighted by Crippen LogP contribution is -2.37. The molecule has 3 N–H and O–H groups in total. The van der Waals surface area contributed by atoms with E-state index >= 15 is 0 Å². The lowest BCUT2D eigenvalue weighted by atomic mass is 9.84. The lowest BCUT2D eigenvalue weighted by Gasteiger charge is -2.31. The molecule has 0 spiro atoms. The van der Waals surface area contributed by atoms with E-state index in [0.717, 1.165) is 5.69 Å². The smallest absolute Gasteiger partial charge is 0.0795 e. The fourth-order valence-electron chi connectivity index (χ4n) is 1.52. The van der Waals surface area contributed by atoms with Crippen molar-refractivity contribution in [2.75, 3.05) is 0 Å². The molecule has 1 rings (SSSR count). The second kappa shape index (κ2) is 3.75. The average Bonchev–Trinajstić information content (AvgIpc) is 2.47. The van der Waals surface area contributed by atoms with Crippen LogP contribution in [0, 0.1) is 5.41 Å². The lowest BCUT2D eigenvalue weighted by molar-refractivity contribution is 0.0382. The van der Waals surface area contributed by atoms with E-state index in [1.54, 1.807) is 0 Å². The molecule has 1 heterocycles. The first-order chi connectivity index (χ1) is 6.34. The van der Waals surface area contributed by atoms with Crippen LogP contribution in [0.3, 0.4) is 0 Å². The highest BCUT2D eigenvalue weighted by atomic mass is 16.3. The first-order valence-corrected chi connectivity index (χ1v) is 4.89. The molecular weight excluding hydrogens is 176 g/mol. The van der Waals surface area contributed by atoms with Crippen LogP contribution in [0.2, 0.25) is 0 Å². The van der Waals surface area contributed by atoms with Gasteiger partial charge in [0.2, 0.25) is 0 Å². The summed E-state index contributed by atoms with van der Waals surface area (Å²) in [6.45, 7) is 5.96. The zero-order valence-corrected chi connectivity index (χ0v) is 9.36. The topological polar surface area (TPSA) is 51.2 Å². The molecule has 0 saturated carbocycles. The summed E-state index contributed by atoms with van der Waals surface area (Å²) in [5, 5.41) is 10.0. The van der Waals surface area contributed by atoms with Gasteiger partial charge in [-0.05, 0) is 17.5 Å². The number of nitrogens with two attached hydrogens (primary N) is 1. The number of aryl methyl sites for hydroxylation is 1. The van der Waals surface area contributed by atoms with Gasteiger partial charge in [0.15, 0.2) is 0 Å². The minimum Gasteiger partial charge on any atom is -0.391 e. The van der Waals surface area contributed by atoms with Crippen molar-refractivity contribution in [1.82, 2.24) is 4.57 Å². The summed E-state index contributed by atoms with van der Waals surface area (Å²) >= 11 is 0. The quantitative estimate of drug-likeness (QED) is 0.752. The van der Waals surface area contributed by atoms with Crippen molar-refractivity contribution in [3.63, 3.8) is 0 Å². The highest BCUT2D eigenvalue weighted by molar-refractivity contribution is 5.13.